The van der Waals surface area contributed by atoms with Gasteiger partial charge in [0.1, 0.15) is 17.5 Å². The zero-order chi connectivity index (χ0) is 24.7. The summed E-state index contributed by atoms with van der Waals surface area (Å²) in [5.41, 5.74) is 1.17. The molecule has 1 atom stereocenters. The zero-order valence-electron chi connectivity index (χ0n) is 19.4. The van der Waals surface area contributed by atoms with E-state index in [0.29, 0.717) is 29.5 Å². The fourth-order valence-corrected chi connectivity index (χ4v) is 4.01. The predicted octanol–water partition coefficient (Wildman–Crippen LogP) is 2.56. The Morgan fingerprint density at radius 1 is 1.06 bits per heavy atom. The second-order valence-corrected chi connectivity index (χ2v) is 7.92. The Morgan fingerprint density at radius 3 is 2.29 bits per heavy atom. The molecule has 0 aromatic heterocycles. The minimum Gasteiger partial charge on any atom is -0.497 e. The summed E-state index contributed by atoms with van der Waals surface area (Å²) in [5.74, 6) is 0.533. The van der Waals surface area contributed by atoms with E-state index < -0.39 is 6.04 Å². The van der Waals surface area contributed by atoms with Gasteiger partial charge in [-0.3, -0.25) is 19.3 Å². The number of hydrogen-bond donors (Lipinski definition) is 2. The van der Waals surface area contributed by atoms with Crippen LogP contribution in [0.25, 0.3) is 0 Å². The van der Waals surface area contributed by atoms with Crippen molar-refractivity contribution in [3.8, 4) is 11.5 Å². The highest BCUT2D eigenvalue weighted by Gasteiger charge is 2.43. The van der Waals surface area contributed by atoms with Crippen molar-refractivity contribution in [2.45, 2.75) is 26.3 Å². The van der Waals surface area contributed by atoms with Crippen molar-refractivity contribution in [1.29, 1.82) is 0 Å². The lowest BCUT2D eigenvalue weighted by atomic mass is 10.1. The maximum Gasteiger partial charge on any atom is 0.256 e. The summed E-state index contributed by atoms with van der Waals surface area (Å²) in [6.07, 6.45) is -0.0986. The summed E-state index contributed by atoms with van der Waals surface area (Å²) in [7, 11) is 1.56. The second-order valence-electron chi connectivity index (χ2n) is 7.56. The van der Waals surface area contributed by atoms with Crippen molar-refractivity contribution in [2.75, 3.05) is 37.0 Å². The van der Waals surface area contributed by atoms with Crippen LogP contribution in [0.2, 0.25) is 0 Å². The highest BCUT2D eigenvalue weighted by atomic mass is 32.1. The lowest BCUT2D eigenvalue weighted by Crippen LogP contribution is -2.42. The fraction of sp³-hybridized carbons (Fsp3) is 0.333. The van der Waals surface area contributed by atoms with Gasteiger partial charge in [0.2, 0.25) is 11.8 Å². The number of ether oxygens (including phenoxy) is 2. The number of nitrogens with one attached hydrogen (secondary N) is 2. The maximum absolute atomic E-state index is 13.4. The molecule has 0 saturated carbocycles. The van der Waals surface area contributed by atoms with Crippen molar-refractivity contribution in [3.05, 3.63) is 48.5 Å². The molecule has 180 valence electrons. The summed E-state index contributed by atoms with van der Waals surface area (Å²) >= 11 is 5.61. The van der Waals surface area contributed by atoms with E-state index >= 15 is 0 Å². The number of thiocarbonyl (C=S) groups is 1. The van der Waals surface area contributed by atoms with E-state index in [1.807, 2.05) is 6.92 Å². The van der Waals surface area contributed by atoms with E-state index in [-0.39, 0.29) is 42.3 Å². The Morgan fingerprint density at radius 2 is 1.71 bits per heavy atom. The van der Waals surface area contributed by atoms with E-state index in [1.165, 1.54) is 11.8 Å². The van der Waals surface area contributed by atoms with Gasteiger partial charge in [-0.2, -0.15) is 0 Å². The molecule has 9 nitrogen and oxygen atoms in total. The van der Waals surface area contributed by atoms with Crippen LogP contribution in [0, 0.1) is 0 Å². The van der Waals surface area contributed by atoms with Crippen molar-refractivity contribution in [2.24, 2.45) is 0 Å². The van der Waals surface area contributed by atoms with Crippen molar-refractivity contribution < 1.29 is 23.9 Å². The molecule has 1 heterocycles. The van der Waals surface area contributed by atoms with Crippen LogP contribution in [-0.2, 0) is 14.4 Å². The summed E-state index contributed by atoms with van der Waals surface area (Å²) in [6.45, 7) is 4.42. The standard InChI is InChI=1S/C24H28N4O5S/c1-4-33-20-11-7-18(8-12-20)28-23(31)21(27(24(28)34)14-13-25-16(2)29)15-22(30)26-17-5-9-19(32-3)10-6-17/h5-12,21H,4,13-15H2,1-3H3,(H,25,29)(H,26,30)/t21-/m1/s1. The Balaban J connectivity index is 1.77. The largest absolute Gasteiger partial charge is 0.497 e. The average Bonchev–Trinajstić information content (AvgIpc) is 3.04. The Bertz CT molecular complexity index is 1040. The minimum atomic E-state index is -0.800. The molecule has 1 aliphatic rings. The third-order valence-electron chi connectivity index (χ3n) is 5.20. The average molecular weight is 485 g/mol. The lowest BCUT2D eigenvalue weighted by Gasteiger charge is -2.24. The number of hydrogen-bond acceptors (Lipinski definition) is 6. The van der Waals surface area contributed by atoms with Gasteiger partial charge in [0.05, 0.1) is 25.8 Å². The normalized spacial score (nSPS) is 15.3. The van der Waals surface area contributed by atoms with Crippen molar-refractivity contribution in [1.82, 2.24) is 10.2 Å². The van der Waals surface area contributed by atoms with E-state index in [1.54, 1.807) is 60.5 Å². The molecular formula is C24H28N4O5S. The Hall–Kier alpha value is -3.66. The van der Waals surface area contributed by atoms with Crippen LogP contribution >= 0.6 is 12.2 Å². The third kappa shape index (κ3) is 6.02. The highest BCUT2D eigenvalue weighted by Crippen LogP contribution is 2.29. The third-order valence-corrected chi connectivity index (χ3v) is 5.62. The van der Waals surface area contributed by atoms with E-state index in [4.69, 9.17) is 21.7 Å². The van der Waals surface area contributed by atoms with Gasteiger partial charge < -0.3 is 25.0 Å². The maximum atomic E-state index is 13.4. The molecule has 3 rings (SSSR count). The lowest BCUT2D eigenvalue weighted by molar-refractivity contribution is -0.124. The number of anilines is 2. The van der Waals surface area contributed by atoms with Gasteiger partial charge in [0, 0.05) is 25.7 Å². The van der Waals surface area contributed by atoms with Crippen LogP contribution in [0.4, 0.5) is 11.4 Å². The van der Waals surface area contributed by atoms with Gasteiger partial charge in [-0.1, -0.05) is 0 Å². The first-order valence-corrected chi connectivity index (χ1v) is 11.3. The van der Waals surface area contributed by atoms with Crippen molar-refractivity contribution >= 4 is 46.4 Å². The van der Waals surface area contributed by atoms with Crippen LogP contribution < -0.4 is 25.0 Å². The smallest absolute Gasteiger partial charge is 0.256 e. The topological polar surface area (TPSA) is 100 Å². The molecular weight excluding hydrogens is 456 g/mol. The van der Waals surface area contributed by atoms with Crippen LogP contribution in [0.5, 0.6) is 11.5 Å². The summed E-state index contributed by atoms with van der Waals surface area (Å²) in [6, 6.07) is 13.1. The Kier molecular flexibility index (Phi) is 8.42. The van der Waals surface area contributed by atoms with Crippen LogP contribution in [-0.4, -0.2) is 60.6 Å². The molecule has 3 amide bonds. The first-order chi connectivity index (χ1) is 16.3. The molecule has 1 saturated heterocycles. The molecule has 0 unspecified atom stereocenters. The first-order valence-electron chi connectivity index (χ1n) is 10.9. The summed E-state index contributed by atoms with van der Waals surface area (Å²) in [4.78, 5) is 40.6. The van der Waals surface area contributed by atoms with E-state index in [2.05, 4.69) is 10.6 Å². The number of carbonyl (C=O) groups excluding carboxylic acids is 3. The fourth-order valence-electron chi connectivity index (χ4n) is 3.60. The zero-order valence-corrected chi connectivity index (χ0v) is 20.2. The van der Waals surface area contributed by atoms with Crippen molar-refractivity contribution in [3.63, 3.8) is 0 Å². The van der Waals surface area contributed by atoms with E-state index in [0.717, 1.165) is 0 Å². The van der Waals surface area contributed by atoms with Gasteiger partial charge in [0.15, 0.2) is 5.11 Å². The molecule has 10 heteroatoms. The number of rotatable bonds is 10. The number of carbonyl (C=O) groups is 3. The molecule has 2 N–H and O–H groups in total. The van der Waals surface area contributed by atoms with Crippen LogP contribution in [0.1, 0.15) is 20.3 Å². The predicted molar refractivity (Wildman–Crippen MR) is 133 cm³/mol. The number of nitrogens with zero attached hydrogens (tertiary/aromatic N) is 2. The molecule has 1 aliphatic heterocycles. The highest BCUT2D eigenvalue weighted by molar-refractivity contribution is 7.80. The molecule has 2 aromatic rings. The second kappa shape index (κ2) is 11.5. The quantitative estimate of drug-likeness (QED) is 0.500. The molecule has 0 radical (unpaired) electrons. The monoisotopic (exact) mass is 484 g/mol. The minimum absolute atomic E-state index is 0.0986. The van der Waals surface area contributed by atoms with Crippen LogP contribution in [0.15, 0.2) is 48.5 Å². The van der Waals surface area contributed by atoms with Gasteiger partial charge in [-0.15, -0.1) is 0 Å². The van der Waals surface area contributed by atoms with Gasteiger partial charge in [-0.25, -0.2) is 0 Å². The van der Waals surface area contributed by atoms with Gasteiger partial charge in [-0.05, 0) is 67.7 Å². The number of amides is 3. The molecule has 0 spiro atoms. The Labute approximate surface area is 204 Å². The summed E-state index contributed by atoms with van der Waals surface area (Å²) in [5, 5.41) is 5.79. The molecule has 2 aromatic carbocycles. The van der Waals surface area contributed by atoms with Gasteiger partial charge >= 0.3 is 0 Å². The number of benzene rings is 2. The molecule has 1 fully saturated rings. The molecule has 0 bridgehead atoms. The van der Waals surface area contributed by atoms with E-state index in [9.17, 15) is 14.4 Å². The number of methoxy groups -OCH3 is 1. The molecule has 0 aliphatic carbocycles. The van der Waals surface area contributed by atoms with Gasteiger partial charge in [0.25, 0.3) is 5.91 Å². The van der Waals surface area contributed by atoms with Crippen LogP contribution in [0.3, 0.4) is 0 Å². The SMILES string of the molecule is CCOc1ccc(N2C(=O)[C@@H](CC(=O)Nc3ccc(OC)cc3)N(CCNC(C)=O)C2=S)cc1. The first kappa shape index (κ1) is 25.0. The molecule has 34 heavy (non-hydrogen) atoms. The summed E-state index contributed by atoms with van der Waals surface area (Å²) < 4.78 is 10.6.